The molecule has 0 amide bonds. The van der Waals surface area contributed by atoms with Crippen LogP contribution in [0.5, 0.6) is 11.8 Å². The lowest BCUT2D eigenvalue weighted by Crippen LogP contribution is -2.06. The number of ether oxygens (including phenoxy) is 2. The zero-order valence-electron chi connectivity index (χ0n) is 21.7. The van der Waals surface area contributed by atoms with E-state index in [1.165, 1.54) is 68.9 Å². The van der Waals surface area contributed by atoms with Gasteiger partial charge in [0.2, 0.25) is 11.8 Å². The maximum Gasteiger partial charge on any atom is 0.237 e. The normalized spacial score (nSPS) is 9.83. The molecule has 0 aliphatic heterocycles. The van der Waals surface area contributed by atoms with Crippen molar-refractivity contribution in [3.8, 4) is 11.8 Å². The van der Waals surface area contributed by atoms with Gasteiger partial charge in [-0.25, -0.2) is 13.8 Å². The predicted octanol–water partition coefficient (Wildman–Crippen LogP) is 6.34. The molecule has 12 heteroatoms. The van der Waals surface area contributed by atoms with Crippen LogP contribution in [0.1, 0.15) is 59.8 Å². The Morgan fingerprint density at radius 1 is 0.738 bits per heavy atom. The zero-order valence-corrected chi connectivity index (χ0v) is 23.9. The Hall–Kier alpha value is -4.07. The molecule has 0 atom stereocenters. The molecule has 0 radical (unpaired) electrons. The third-order valence-corrected chi connectivity index (χ3v) is 6.03. The van der Waals surface area contributed by atoms with Gasteiger partial charge >= 0.3 is 0 Å². The first kappa shape index (κ1) is 36.0. The number of halogens is 3. The maximum absolute atomic E-state index is 12.8. The summed E-state index contributed by atoms with van der Waals surface area (Å²) in [4.78, 5) is 40.4. The van der Waals surface area contributed by atoms with Crippen LogP contribution in [-0.2, 0) is 12.8 Å². The number of nitrogen functional groups attached to an aromatic ring is 1. The fourth-order valence-corrected chi connectivity index (χ4v) is 3.84. The summed E-state index contributed by atoms with van der Waals surface area (Å²) >= 11 is 2.04. The molecule has 2 aromatic heterocycles. The fourth-order valence-electron chi connectivity index (χ4n) is 3.48. The first-order valence-corrected chi connectivity index (χ1v) is 13.1. The van der Waals surface area contributed by atoms with E-state index in [-0.39, 0.29) is 56.7 Å². The lowest BCUT2D eigenvalue weighted by Gasteiger charge is -2.06. The molecule has 4 aromatic rings. The van der Waals surface area contributed by atoms with Crippen LogP contribution in [-0.4, -0.2) is 45.7 Å². The summed E-state index contributed by atoms with van der Waals surface area (Å²) in [5.74, 6) is 0.133. The van der Waals surface area contributed by atoms with Gasteiger partial charge in [-0.15, -0.1) is 0 Å². The van der Waals surface area contributed by atoms with E-state index in [9.17, 15) is 18.4 Å². The van der Waals surface area contributed by atoms with Crippen molar-refractivity contribution in [2.45, 2.75) is 40.5 Å². The SMILES string of the molecule is C.C.COc1nc(I)cnc1CCC(=O)c1ccc(F)cc1.COc1nc(N)cnc1CCC(=O)c1ccc(F)cc1. The molecule has 0 fully saturated rings. The number of anilines is 1. The second-order valence-corrected chi connectivity index (χ2v) is 9.36. The monoisotopic (exact) mass is 693 g/mol. The third kappa shape index (κ3) is 10.7. The minimum Gasteiger partial charge on any atom is -0.480 e. The van der Waals surface area contributed by atoms with Gasteiger partial charge in [0.1, 0.15) is 32.5 Å². The van der Waals surface area contributed by atoms with Crippen LogP contribution >= 0.6 is 22.6 Å². The number of benzene rings is 2. The Bertz CT molecular complexity index is 1340. The van der Waals surface area contributed by atoms with E-state index in [1.54, 1.807) is 6.20 Å². The topological polar surface area (TPSA) is 130 Å². The second-order valence-electron chi connectivity index (χ2n) is 8.26. The summed E-state index contributed by atoms with van der Waals surface area (Å²) in [6.45, 7) is 0. The smallest absolute Gasteiger partial charge is 0.237 e. The van der Waals surface area contributed by atoms with Crippen LogP contribution in [0.2, 0.25) is 0 Å². The summed E-state index contributed by atoms with van der Waals surface area (Å²) < 4.78 is 36.5. The largest absolute Gasteiger partial charge is 0.480 e. The number of aromatic nitrogens is 4. The predicted molar refractivity (Wildman–Crippen MR) is 166 cm³/mol. The van der Waals surface area contributed by atoms with E-state index in [4.69, 9.17) is 15.2 Å². The van der Waals surface area contributed by atoms with E-state index >= 15 is 0 Å². The number of nitrogens with zero attached hydrogens (tertiary/aromatic N) is 4. The number of hydrogen-bond acceptors (Lipinski definition) is 9. The Balaban J connectivity index is 0.000000401. The quantitative estimate of drug-likeness (QED) is 0.149. The van der Waals surface area contributed by atoms with Crippen LogP contribution in [0.25, 0.3) is 0 Å². The van der Waals surface area contributed by atoms with Crippen molar-refractivity contribution in [3.63, 3.8) is 0 Å². The molecule has 9 nitrogen and oxygen atoms in total. The van der Waals surface area contributed by atoms with E-state index in [0.717, 1.165) is 3.70 Å². The number of rotatable bonds is 10. The molecule has 0 unspecified atom stereocenters. The van der Waals surface area contributed by atoms with Gasteiger partial charge in [-0.2, -0.15) is 4.98 Å². The van der Waals surface area contributed by atoms with E-state index in [2.05, 4.69) is 19.9 Å². The Kier molecular flexibility index (Phi) is 15.1. The molecule has 2 aromatic carbocycles. The summed E-state index contributed by atoms with van der Waals surface area (Å²) in [5.41, 5.74) is 7.67. The highest BCUT2D eigenvalue weighted by Crippen LogP contribution is 2.18. The minimum absolute atomic E-state index is 0. The van der Waals surface area contributed by atoms with Crippen molar-refractivity contribution < 1.29 is 27.8 Å². The van der Waals surface area contributed by atoms with Gasteiger partial charge in [0, 0.05) is 36.8 Å². The second kappa shape index (κ2) is 17.7. The van der Waals surface area contributed by atoms with Crippen molar-refractivity contribution in [2.24, 2.45) is 0 Å². The molecule has 4 rings (SSSR count). The van der Waals surface area contributed by atoms with Crippen LogP contribution in [0.4, 0.5) is 14.6 Å². The standard InChI is InChI=1S/C14H12FIN2O2.C14H14FN3O2.2CH4/c2*1-20-14-11(17-8-13(16)18-14)6-7-12(19)9-2-4-10(15)5-3-9;;/h2-5,8H,6-7H2,1H3;2-5,8H,6-7H2,1H3,(H2,16,18);2*1H4. The van der Waals surface area contributed by atoms with Gasteiger partial charge in [0.05, 0.1) is 26.6 Å². The number of carbonyl (C=O) groups is 2. The van der Waals surface area contributed by atoms with Crippen LogP contribution in [0.3, 0.4) is 0 Å². The van der Waals surface area contributed by atoms with Gasteiger partial charge in [-0.1, -0.05) is 14.9 Å². The van der Waals surface area contributed by atoms with Crippen molar-refractivity contribution in [1.82, 2.24) is 19.9 Å². The number of hydrogen-bond donors (Lipinski definition) is 1. The molecule has 0 saturated heterocycles. The number of methoxy groups -OCH3 is 2. The number of aryl methyl sites for hydroxylation is 2. The van der Waals surface area contributed by atoms with Gasteiger partial charge in [0.15, 0.2) is 11.6 Å². The van der Waals surface area contributed by atoms with Crippen molar-refractivity contribution in [2.75, 3.05) is 20.0 Å². The summed E-state index contributed by atoms with van der Waals surface area (Å²) in [6, 6.07) is 11.0. The molecule has 0 spiro atoms. The van der Waals surface area contributed by atoms with Gasteiger partial charge in [0.25, 0.3) is 0 Å². The molecule has 0 aliphatic carbocycles. The van der Waals surface area contributed by atoms with E-state index in [0.29, 0.717) is 47.1 Å². The Morgan fingerprint density at radius 2 is 1.14 bits per heavy atom. The number of ketones is 2. The number of Topliss-reactive ketones (excluding diaryl/α,β-unsaturated/α-hetero) is 2. The van der Waals surface area contributed by atoms with Gasteiger partial charge in [-0.3, -0.25) is 19.6 Å². The minimum atomic E-state index is -0.368. The van der Waals surface area contributed by atoms with Crippen molar-refractivity contribution >= 4 is 40.0 Å². The first-order valence-electron chi connectivity index (χ1n) is 12.0. The highest BCUT2D eigenvalue weighted by atomic mass is 127. The lowest BCUT2D eigenvalue weighted by molar-refractivity contribution is 0.0974. The molecule has 0 bridgehead atoms. The molecular formula is C30H34F2IN5O4. The summed E-state index contributed by atoms with van der Waals surface area (Å²) in [6.07, 6.45) is 4.37. The van der Waals surface area contributed by atoms with Crippen molar-refractivity contribution in [1.29, 1.82) is 0 Å². The van der Waals surface area contributed by atoms with Crippen LogP contribution < -0.4 is 15.2 Å². The molecule has 224 valence electrons. The average molecular weight is 694 g/mol. The highest BCUT2D eigenvalue weighted by Gasteiger charge is 2.13. The molecular weight excluding hydrogens is 659 g/mol. The molecule has 0 saturated carbocycles. The number of nitrogens with two attached hydrogens (primary N) is 1. The van der Waals surface area contributed by atoms with Gasteiger partial charge < -0.3 is 15.2 Å². The number of carbonyl (C=O) groups excluding carboxylic acids is 2. The molecule has 0 aliphatic rings. The van der Waals surface area contributed by atoms with Crippen LogP contribution in [0, 0.1) is 15.3 Å². The third-order valence-electron chi connectivity index (χ3n) is 5.51. The van der Waals surface area contributed by atoms with Crippen molar-refractivity contribution in [3.05, 3.63) is 98.8 Å². The first-order chi connectivity index (χ1) is 19.2. The Morgan fingerprint density at radius 3 is 1.57 bits per heavy atom. The molecule has 2 N–H and O–H groups in total. The van der Waals surface area contributed by atoms with E-state index < -0.39 is 0 Å². The zero-order chi connectivity index (χ0) is 29.1. The molecule has 2 heterocycles. The van der Waals surface area contributed by atoms with Crippen LogP contribution in [0.15, 0.2) is 60.9 Å². The summed E-state index contributed by atoms with van der Waals surface area (Å²) in [7, 11) is 2.99. The lowest BCUT2D eigenvalue weighted by atomic mass is 10.1. The molecule has 42 heavy (non-hydrogen) atoms. The fraction of sp³-hybridized carbons (Fsp3) is 0.267. The average Bonchev–Trinajstić information content (AvgIpc) is 2.96. The summed E-state index contributed by atoms with van der Waals surface area (Å²) in [5, 5.41) is 0. The maximum atomic E-state index is 12.8. The van der Waals surface area contributed by atoms with E-state index in [1.807, 2.05) is 22.6 Å². The Labute approximate surface area is 258 Å². The van der Waals surface area contributed by atoms with Gasteiger partial charge in [-0.05, 0) is 71.1 Å². The highest BCUT2D eigenvalue weighted by molar-refractivity contribution is 14.1.